The van der Waals surface area contributed by atoms with Gasteiger partial charge in [0.2, 0.25) is 0 Å². The summed E-state index contributed by atoms with van der Waals surface area (Å²) in [4.78, 5) is 0. The fraction of sp³-hybridized carbons (Fsp3) is 0.600. The Balaban J connectivity index is 2.42. The second-order valence-electron chi connectivity index (χ2n) is 4.94. The number of nitrogens with one attached hydrogen (secondary N) is 1. The lowest BCUT2D eigenvalue weighted by molar-refractivity contribution is 0.474. The summed E-state index contributed by atoms with van der Waals surface area (Å²) in [5.74, 6) is 5.28. The van der Waals surface area contributed by atoms with Crippen LogP contribution in [0, 0.1) is 5.82 Å². The highest BCUT2D eigenvalue weighted by Crippen LogP contribution is 2.27. The molecule has 19 heavy (non-hydrogen) atoms. The lowest BCUT2D eigenvalue weighted by Crippen LogP contribution is -2.28. The van der Waals surface area contributed by atoms with E-state index in [0.29, 0.717) is 5.02 Å². The van der Waals surface area contributed by atoms with Gasteiger partial charge in [0.1, 0.15) is 5.82 Å². The van der Waals surface area contributed by atoms with E-state index in [-0.39, 0.29) is 11.9 Å². The van der Waals surface area contributed by atoms with E-state index < -0.39 is 0 Å². The molecule has 0 aliphatic rings. The first-order valence-corrected chi connectivity index (χ1v) is 7.48. The highest BCUT2D eigenvalue weighted by molar-refractivity contribution is 6.31. The van der Waals surface area contributed by atoms with E-state index >= 15 is 0 Å². The third kappa shape index (κ3) is 5.89. The SMILES string of the molecule is CCCCCCCCC(NN)c1cc(F)ccc1Cl. The van der Waals surface area contributed by atoms with Crippen LogP contribution in [0.15, 0.2) is 18.2 Å². The Morgan fingerprint density at radius 1 is 1.21 bits per heavy atom. The van der Waals surface area contributed by atoms with Crippen LogP contribution < -0.4 is 11.3 Å². The van der Waals surface area contributed by atoms with E-state index in [9.17, 15) is 4.39 Å². The molecule has 1 rings (SSSR count). The van der Waals surface area contributed by atoms with E-state index in [1.165, 1.54) is 44.2 Å². The van der Waals surface area contributed by atoms with Crippen LogP contribution in [0.3, 0.4) is 0 Å². The Kier molecular flexibility index (Phi) is 8.03. The topological polar surface area (TPSA) is 38.0 Å². The van der Waals surface area contributed by atoms with Gasteiger partial charge in [-0.3, -0.25) is 11.3 Å². The van der Waals surface area contributed by atoms with Gasteiger partial charge < -0.3 is 0 Å². The molecule has 1 unspecified atom stereocenters. The predicted molar refractivity (Wildman–Crippen MR) is 79.5 cm³/mol. The number of nitrogens with two attached hydrogens (primary N) is 1. The monoisotopic (exact) mass is 286 g/mol. The molecule has 1 aromatic carbocycles. The van der Waals surface area contributed by atoms with Gasteiger partial charge in [-0.05, 0) is 30.2 Å². The molecule has 3 N–H and O–H groups in total. The van der Waals surface area contributed by atoms with Crippen molar-refractivity contribution < 1.29 is 4.39 Å². The molecule has 0 fully saturated rings. The molecular formula is C15H24ClFN2. The molecule has 2 nitrogen and oxygen atoms in total. The molecule has 0 aromatic heterocycles. The van der Waals surface area contributed by atoms with E-state index in [1.807, 2.05) is 0 Å². The van der Waals surface area contributed by atoms with Crippen molar-refractivity contribution in [2.75, 3.05) is 0 Å². The van der Waals surface area contributed by atoms with Gasteiger partial charge in [-0.15, -0.1) is 0 Å². The Morgan fingerprint density at radius 3 is 2.58 bits per heavy atom. The fourth-order valence-electron chi connectivity index (χ4n) is 2.24. The van der Waals surface area contributed by atoms with Crippen molar-refractivity contribution in [1.82, 2.24) is 5.43 Å². The number of hydrazine groups is 1. The van der Waals surface area contributed by atoms with Gasteiger partial charge in [-0.2, -0.15) is 0 Å². The van der Waals surface area contributed by atoms with Gasteiger partial charge in [0, 0.05) is 11.1 Å². The normalized spacial score (nSPS) is 12.6. The van der Waals surface area contributed by atoms with Crippen LogP contribution in [-0.4, -0.2) is 0 Å². The average molecular weight is 287 g/mol. The molecule has 108 valence electrons. The second-order valence-corrected chi connectivity index (χ2v) is 5.35. The first-order valence-electron chi connectivity index (χ1n) is 7.10. The molecule has 0 radical (unpaired) electrons. The van der Waals surface area contributed by atoms with Crippen molar-refractivity contribution in [3.8, 4) is 0 Å². The maximum Gasteiger partial charge on any atom is 0.123 e. The summed E-state index contributed by atoms with van der Waals surface area (Å²) >= 11 is 6.09. The zero-order valence-electron chi connectivity index (χ0n) is 11.6. The lowest BCUT2D eigenvalue weighted by Gasteiger charge is -2.17. The van der Waals surface area contributed by atoms with Crippen LogP contribution in [0.5, 0.6) is 0 Å². The molecule has 0 saturated carbocycles. The van der Waals surface area contributed by atoms with Crippen LogP contribution >= 0.6 is 11.6 Å². The van der Waals surface area contributed by atoms with Crippen molar-refractivity contribution in [2.24, 2.45) is 5.84 Å². The highest BCUT2D eigenvalue weighted by Gasteiger charge is 2.13. The summed E-state index contributed by atoms with van der Waals surface area (Å²) in [5, 5.41) is 0.565. The van der Waals surface area contributed by atoms with Crippen molar-refractivity contribution >= 4 is 11.6 Å². The molecule has 0 amide bonds. The molecular weight excluding hydrogens is 263 g/mol. The number of rotatable bonds is 9. The molecule has 0 aliphatic heterocycles. The minimum atomic E-state index is -0.275. The third-order valence-electron chi connectivity index (χ3n) is 3.38. The Bertz CT molecular complexity index is 371. The molecule has 0 spiro atoms. The molecule has 0 aliphatic carbocycles. The van der Waals surface area contributed by atoms with Gasteiger partial charge in [-0.1, -0.05) is 57.0 Å². The third-order valence-corrected chi connectivity index (χ3v) is 3.73. The standard InChI is InChI=1S/C15H24ClFN2/c1-2-3-4-5-6-7-8-15(19-18)13-11-12(17)9-10-14(13)16/h9-11,15,19H,2-8,18H2,1H3. The fourth-order valence-corrected chi connectivity index (χ4v) is 2.49. The second kappa shape index (κ2) is 9.29. The summed E-state index contributed by atoms with van der Waals surface area (Å²) < 4.78 is 13.2. The maximum absolute atomic E-state index is 13.2. The summed E-state index contributed by atoms with van der Waals surface area (Å²) in [6, 6.07) is 4.33. The Morgan fingerprint density at radius 2 is 1.89 bits per heavy atom. The zero-order chi connectivity index (χ0) is 14.1. The minimum absolute atomic E-state index is 0.0747. The van der Waals surface area contributed by atoms with E-state index in [1.54, 1.807) is 6.07 Å². The average Bonchev–Trinajstić information content (AvgIpc) is 2.41. The van der Waals surface area contributed by atoms with Gasteiger partial charge in [0.25, 0.3) is 0 Å². The molecule has 1 atom stereocenters. The summed E-state index contributed by atoms with van der Waals surface area (Å²) in [6.07, 6.45) is 8.24. The van der Waals surface area contributed by atoms with Gasteiger partial charge in [-0.25, -0.2) is 4.39 Å². The Labute approximate surface area is 120 Å². The predicted octanol–water partition coefficient (Wildman–Crippen LogP) is 4.73. The smallest absolute Gasteiger partial charge is 0.123 e. The van der Waals surface area contributed by atoms with Gasteiger partial charge in [0.05, 0.1) is 0 Å². The van der Waals surface area contributed by atoms with Crippen molar-refractivity contribution in [1.29, 1.82) is 0 Å². The first kappa shape index (κ1) is 16.4. The summed E-state index contributed by atoms with van der Waals surface area (Å²) in [6.45, 7) is 2.21. The van der Waals surface area contributed by atoms with Crippen LogP contribution in [0.2, 0.25) is 5.02 Å². The summed E-state index contributed by atoms with van der Waals surface area (Å²) in [5.41, 5.74) is 3.49. The largest absolute Gasteiger partial charge is 0.271 e. The maximum atomic E-state index is 13.2. The molecule has 1 aromatic rings. The van der Waals surface area contributed by atoms with Crippen molar-refractivity contribution in [3.63, 3.8) is 0 Å². The quantitative estimate of drug-likeness (QED) is 0.391. The van der Waals surface area contributed by atoms with Crippen molar-refractivity contribution in [2.45, 2.75) is 57.9 Å². The van der Waals surface area contributed by atoms with Crippen LogP contribution in [0.25, 0.3) is 0 Å². The minimum Gasteiger partial charge on any atom is -0.271 e. The van der Waals surface area contributed by atoms with Crippen LogP contribution in [0.4, 0.5) is 4.39 Å². The number of hydrogen-bond acceptors (Lipinski definition) is 2. The first-order chi connectivity index (χ1) is 9.19. The van der Waals surface area contributed by atoms with E-state index in [4.69, 9.17) is 17.4 Å². The zero-order valence-corrected chi connectivity index (χ0v) is 12.3. The number of halogens is 2. The molecule has 0 bridgehead atoms. The number of unbranched alkanes of at least 4 members (excludes halogenated alkanes) is 5. The highest BCUT2D eigenvalue weighted by atomic mass is 35.5. The van der Waals surface area contributed by atoms with Gasteiger partial charge in [0.15, 0.2) is 0 Å². The van der Waals surface area contributed by atoms with E-state index in [2.05, 4.69) is 12.3 Å². The molecule has 0 saturated heterocycles. The van der Waals surface area contributed by atoms with Gasteiger partial charge >= 0.3 is 0 Å². The van der Waals surface area contributed by atoms with E-state index in [0.717, 1.165) is 18.4 Å². The number of hydrogen-bond donors (Lipinski definition) is 2. The van der Waals surface area contributed by atoms with Crippen LogP contribution in [0.1, 0.15) is 63.5 Å². The van der Waals surface area contributed by atoms with Crippen LogP contribution in [-0.2, 0) is 0 Å². The summed E-state index contributed by atoms with van der Waals surface area (Å²) in [7, 11) is 0. The lowest BCUT2D eigenvalue weighted by atomic mass is 10.00. The number of benzene rings is 1. The molecule has 4 heteroatoms. The van der Waals surface area contributed by atoms with Crippen molar-refractivity contribution in [3.05, 3.63) is 34.6 Å². The Hall–Kier alpha value is -0.640. The molecule has 0 heterocycles.